The highest BCUT2D eigenvalue weighted by atomic mass is 16.4. The molecule has 18 heavy (non-hydrogen) atoms. The van der Waals surface area contributed by atoms with Gasteiger partial charge in [0.05, 0.1) is 12.0 Å². The molecular weight excluding hydrogens is 234 g/mol. The topological polar surface area (TPSA) is 77.8 Å². The third-order valence-corrected chi connectivity index (χ3v) is 3.06. The van der Waals surface area contributed by atoms with Crippen molar-refractivity contribution in [2.45, 2.75) is 19.3 Å². The molecule has 2 rings (SSSR count). The van der Waals surface area contributed by atoms with Gasteiger partial charge in [0.25, 0.3) is 0 Å². The smallest absolute Gasteiger partial charge is 0.335 e. The Labute approximate surface area is 105 Å². The van der Waals surface area contributed by atoms with Gasteiger partial charge in [0.15, 0.2) is 0 Å². The van der Waals surface area contributed by atoms with Crippen molar-refractivity contribution >= 4 is 17.6 Å². The van der Waals surface area contributed by atoms with Crippen molar-refractivity contribution in [3.05, 3.63) is 29.3 Å². The van der Waals surface area contributed by atoms with Crippen LogP contribution in [0, 0.1) is 0 Å². The number of fused-ring (bicyclic) bond motifs is 1. The molecule has 1 aromatic rings. The van der Waals surface area contributed by atoms with Gasteiger partial charge in [0.2, 0.25) is 5.91 Å². The number of carboxylic acid groups (broad SMARTS) is 1. The molecule has 1 aromatic carbocycles. The second kappa shape index (κ2) is 5.18. The second-order valence-corrected chi connectivity index (χ2v) is 4.30. The number of rotatable bonds is 5. The van der Waals surface area contributed by atoms with Gasteiger partial charge in [0, 0.05) is 18.8 Å². The zero-order valence-electron chi connectivity index (χ0n) is 9.93. The summed E-state index contributed by atoms with van der Waals surface area (Å²) in [5, 5.41) is 17.7. The van der Waals surface area contributed by atoms with Crippen LogP contribution in [-0.2, 0) is 11.2 Å². The van der Waals surface area contributed by atoms with Crippen molar-refractivity contribution in [2.24, 2.45) is 0 Å². The van der Waals surface area contributed by atoms with Crippen LogP contribution in [0.5, 0.6) is 0 Å². The molecule has 96 valence electrons. The lowest BCUT2D eigenvalue weighted by molar-refractivity contribution is -0.117. The van der Waals surface area contributed by atoms with Crippen LogP contribution in [-0.4, -0.2) is 35.2 Å². The zero-order chi connectivity index (χ0) is 13.1. The highest BCUT2D eigenvalue weighted by Gasteiger charge is 2.27. The summed E-state index contributed by atoms with van der Waals surface area (Å²) in [7, 11) is 0. The number of amides is 1. The number of carboxylic acids is 1. The third-order valence-electron chi connectivity index (χ3n) is 3.06. The van der Waals surface area contributed by atoms with Crippen molar-refractivity contribution in [2.75, 3.05) is 18.1 Å². The average Bonchev–Trinajstić information content (AvgIpc) is 2.65. The van der Waals surface area contributed by atoms with Crippen molar-refractivity contribution in [3.63, 3.8) is 0 Å². The quantitative estimate of drug-likeness (QED) is 0.764. The van der Waals surface area contributed by atoms with E-state index in [4.69, 9.17) is 10.2 Å². The van der Waals surface area contributed by atoms with E-state index in [0.717, 1.165) is 5.56 Å². The van der Waals surface area contributed by atoms with Crippen LogP contribution in [0.15, 0.2) is 18.2 Å². The molecule has 0 aromatic heterocycles. The van der Waals surface area contributed by atoms with Gasteiger partial charge in [-0.2, -0.15) is 0 Å². The maximum absolute atomic E-state index is 11.8. The number of aromatic carboxylic acids is 1. The number of aliphatic hydroxyl groups excluding tert-OH is 1. The van der Waals surface area contributed by atoms with E-state index in [2.05, 4.69) is 0 Å². The molecule has 0 fully saturated rings. The monoisotopic (exact) mass is 249 g/mol. The first-order valence-corrected chi connectivity index (χ1v) is 5.91. The lowest BCUT2D eigenvalue weighted by Crippen LogP contribution is -2.28. The average molecular weight is 249 g/mol. The number of hydrogen-bond donors (Lipinski definition) is 2. The molecule has 0 radical (unpaired) electrons. The van der Waals surface area contributed by atoms with Gasteiger partial charge in [-0.05, 0) is 30.5 Å². The van der Waals surface area contributed by atoms with Crippen LogP contribution in [0.4, 0.5) is 5.69 Å². The summed E-state index contributed by atoms with van der Waals surface area (Å²) < 4.78 is 0. The third kappa shape index (κ3) is 2.36. The summed E-state index contributed by atoms with van der Waals surface area (Å²) in [6, 6.07) is 4.76. The summed E-state index contributed by atoms with van der Waals surface area (Å²) in [5.74, 6) is -1.00. The highest BCUT2D eigenvalue weighted by molar-refractivity contribution is 6.03. The van der Waals surface area contributed by atoms with Crippen LogP contribution < -0.4 is 4.90 Å². The normalized spacial score (nSPS) is 13.8. The van der Waals surface area contributed by atoms with E-state index < -0.39 is 5.97 Å². The molecule has 1 aliphatic heterocycles. The fourth-order valence-electron chi connectivity index (χ4n) is 2.12. The second-order valence-electron chi connectivity index (χ2n) is 4.30. The van der Waals surface area contributed by atoms with Gasteiger partial charge < -0.3 is 15.1 Å². The molecule has 0 bridgehead atoms. The van der Waals surface area contributed by atoms with E-state index in [-0.39, 0.29) is 18.1 Å². The number of carbonyl (C=O) groups is 2. The van der Waals surface area contributed by atoms with E-state index >= 15 is 0 Å². The molecule has 2 N–H and O–H groups in total. The van der Waals surface area contributed by atoms with E-state index in [9.17, 15) is 9.59 Å². The van der Waals surface area contributed by atoms with Gasteiger partial charge in [-0.1, -0.05) is 6.07 Å². The van der Waals surface area contributed by atoms with Gasteiger partial charge in [0.1, 0.15) is 0 Å². The minimum atomic E-state index is -0.993. The molecule has 0 spiro atoms. The first kappa shape index (κ1) is 12.6. The Morgan fingerprint density at radius 2 is 2.11 bits per heavy atom. The van der Waals surface area contributed by atoms with Crippen LogP contribution in [0.25, 0.3) is 0 Å². The molecular formula is C13H15NO4. The predicted molar refractivity (Wildman–Crippen MR) is 65.8 cm³/mol. The summed E-state index contributed by atoms with van der Waals surface area (Å²) in [6.07, 6.45) is 1.67. The van der Waals surface area contributed by atoms with Crippen LogP contribution in [0.1, 0.15) is 28.8 Å². The number of anilines is 1. The largest absolute Gasteiger partial charge is 0.478 e. The number of carbonyl (C=O) groups excluding carboxylic acids is 1. The molecule has 1 heterocycles. The lowest BCUT2D eigenvalue weighted by atomic mass is 10.1. The van der Waals surface area contributed by atoms with Crippen LogP contribution in [0.3, 0.4) is 0 Å². The SMILES string of the molecule is O=C(O)c1ccc2c(c1)N(CCCCO)C(=O)C2. The minimum absolute atomic E-state index is 0.00882. The zero-order valence-corrected chi connectivity index (χ0v) is 9.93. The van der Waals surface area contributed by atoms with Gasteiger partial charge in [-0.15, -0.1) is 0 Å². The molecule has 0 atom stereocenters. The Bertz CT molecular complexity index is 484. The summed E-state index contributed by atoms with van der Waals surface area (Å²) in [4.78, 5) is 24.3. The van der Waals surface area contributed by atoms with E-state index in [1.165, 1.54) is 6.07 Å². The van der Waals surface area contributed by atoms with Gasteiger partial charge in [-0.3, -0.25) is 4.79 Å². The molecule has 1 aliphatic rings. The van der Waals surface area contributed by atoms with Crippen LogP contribution >= 0.6 is 0 Å². The number of unbranched alkanes of at least 4 members (excludes halogenated alkanes) is 1. The van der Waals surface area contributed by atoms with Gasteiger partial charge in [-0.25, -0.2) is 4.79 Å². The summed E-state index contributed by atoms with van der Waals surface area (Å²) in [5.41, 5.74) is 1.75. The Morgan fingerprint density at radius 1 is 1.33 bits per heavy atom. The van der Waals surface area contributed by atoms with Crippen molar-refractivity contribution in [3.8, 4) is 0 Å². The fourth-order valence-corrected chi connectivity index (χ4v) is 2.12. The summed E-state index contributed by atoms with van der Waals surface area (Å²) in [6.45, 7) is 0.625. The van der Waals surface area contributed by atoms with E-state index in [0.29, 0.717) is 31.5 Å². The Kier molecular flexibility index (Phi) is 3.62. The Hall–Kier alpha value is -1.88. The first-order chi connectivity index (χ1) is 8.63. The number of aliphatic hydroxyl groups is 1. The molecule has 1 amide bonds. The molecule has 0 unspecified atom stereocenters. The van der Waals surface area contributed by atoms with E-state index in [1.807, 2.05) is 0 Å². The van der Waals surface area contributed by atoms with Crippen molar-refractivity contribution < 1.29 is 19.8 Å². The molecule has 5 heteroatoms. The fraction of sp³-hybridized carbons (Fsp3) is 0.385. The number of hydrogen-bond acceptors (Lipinski definition) is 3. The predicted octanol–water partition coefficient (Wildman–Crippen LogP) is 1.05. The Morgan fingerprint density at radius 3 is 2.78 bits per heavy atom. The lowest BCUT2D eigenvalue weighted by Gasteiger charge is -2.17. The molecule has 0 aliphatic carbocycles. The first-order valence-electron chi connectivity index (χ1n) is 5.91. The minimum Gasteiger partial charge on any atom is -0.478 e. The maximum atomic E-state index is 11.8. The molecule has 0 saturated carbocycles. The van der Waals surface area contributed by atoms with Crippen LogP contribution in [0.2, 0.25) is 0 Å². The standard InChI is InChI=1S/C13H15NO4/c15-6-2-1-5-14-11-7-10(13(17)18)4-3-9(11)8-12(14)16/h3-4,7,15H,1-2,5-6,8H2,(H,17,18). The van der Waals surface area contributed by atoms with Crippen molar-refractivity contribution in [1.29, 1.82) is 0 Å². The summed E-state index contributed by atoms with van der Waals surface area (Å²) >= 11 is 0. The Balaban J connectivity index is 2.22. The maximum Gasteiger partial charge on any atom is 0.335 e. The number of nitrogens with zero attached hydrogens (tertiary/aromatic N) is 1. The molecule has 0 saturated heterocycles. The van der Waals surface area contributed by atoms with Gasteiger partial charge >= 0.3 is 5.97 Å². The van der Waals surface area contributed by atoms with E-state index in [1.54, 1.807) is 17.0 Å². The molecule has 5 nitrogen and oxygen atoms in total. The number of benzene rings is 1. The highest BCUT2D eigenvalue weighted by Crippen LogP contribution is 2.30. The van der Waals surface area contributed by atoms with Crippen molar-refractivity contribution in [1.82, 2.24) is 0 Å².